The third kappa shape index (κ3) is 3.16. The number of rotatable bonds is 5. The van der Waals surface area contributed by atoms with Gasteiger partial charge in [0.2, 0.25) is 0 Å². The molecule has 0 bridgehead atoms. The summed E-state index contributed by atoms with van der Waals surface area (Å²) in [4.78, 5) is 4.79. The molecule has 1 rings (SSSR count). The summed E-state index contributed by atoms with van der Waals surface area (Å²) in [7, 11) is 3.15. The summed E-state index contributed by atoms with van der Waals surface area (Å²) in [5.74, 6) is 0.624. The average Bonchev–Trinajstić information content (AvgIpc) is 2.66. The third-order valence-corrected chi connectivity index (χ3v) is 1.95. The van der Waals surface area contributed by atoms with E-state index in [1.165, 1.54) is 7.05 Å². The summed E-state index contributed by atoms with van der Waals surface area (Å²) in [6, 6.07) is 0. The largest absolute Gasteiger partial charge is 0.600 e. The Hall–Kier alpha value is -0.160. The maximum absolute atomic E-state index is 10.3. The predicted octanol–water partition coefficient (Wildman–Crippen LogP) is -0.644. The first-order valence-electron chi connectivity index (χ1n) is 3.90. The molecule has 1 N–H and O–H groups in total. The molecule has 0 amide bonds. The van der Waals surface area contributed by atoms with Gasteiger partial charge >= 0.3 is 0 Å². The van der Waals surface area contributed by atoms with E-state index in [-0.39, 0.29) is 5.23 Å². The Morgan fingerprint density at radius 1 is 1.64 bits per heavy atom. The maximum Gasteiger partial charge on any atom is 0.107 e. The zero-order valence-corrected chi connectivity index (χ0v) is 7.00. The minimum absolute atomic E-state index is 0.195. The second-order valence-corrected chi connectivity index (χ2v) is 2.90. The molecule has 4 nitrogen and oxygen atoms in total. The highest BCUT2D eigenvalue weighted by atomic mass is 16.9. The Bertz CT molecular complexity index is 118. The van der Waals surface area contributed by atoms with Crippen molar-refractivity contribution in [1.82, 2.24) is 0 Å². The van der Waals surface area contributed by atoms with Crippen LogP contribution in [0.1, 0.15) is 12.8 Å². The normalized spacial score (nSPS) is 31.9. The minimum Gasteiger partial charge on any atom is -0.600 e. The summed E-state index contributed by atoms with van der Waals surface area (Å²) in [5.41, 5.74) is 0. The Kier molecular flexibility index (Phi) is 3.26. The van der Waals surface area contributed by atoms with Crippen molar-refractivity contribution in [3.05, 3.63) is 5.21 Å². The van der Waals surface area contributed by atoms with Crippen molar-refractivity contribution in [3.8, 4) is 0 Å². The Balaban J connectivity index is 1.90. The lowest BCUT2D eigenvalue weighted by atomic mass is 10.3. The molecule has 0 aromatic carbocycles. The van der Waals surface area contributed by atoms with Crippen molar-refractivity contribution in [2.75, 3.05) is 20.8 Å². The molecule has 1 fully saturated rings. The average molecular weight is 161 g/mol. The van der Waals surface area contributed by atoms with Crippen LogP contribution in [0.3, 0.4) is 0 Å². The molecular formula is C7H15NO3. The summed E-state index contributed by atoms with van der Waals surface area (Å²) in [6.07, 6.45) is 2.49. The van der Waals surface area contributed by atoms with Crippen molar-refractivity contribution in [2.24, 2.45) is 5.92 Å². The molecule has 3 unspecified atom stereocenters. The van der Waals surface area contributed by atoms with Gasteiger partial charge in [0.25, 0.3) is 0 Å². The fraction of sp³-hybridized carbons (Fsp3) is 1.00. The van der Waals surface area contributed by atoms with Crippen LogP contribution in [0.15, 0.2) is 0 Å². The van der Waals surface area contributed by atoms with E-state index in [9.17, 15) is 5.21 Å². The molecule has 66 valence electrons. The lowest BCUT2D eigenvalue weighted by molar-refractivity contribution is -1.04. The van der Waals surface area contributed by atoms with Gasteiger partial charge in [-0.15, -0.1) is 0 Å². The van der Waals surface area contributed by atoms with Gasteiger partial charge in [-0.25, -0.2) is 10.1 Å². The Morgan fingerprint density at radius 2 is 2.36 bits per heavy atom. The van der Waals surface area contributed by atoms with Crippen molar-refractivity contribution in [2.45, 2.75) is 18.9 Å². The molecule has 0 spiro atoms. The van der Waals surface area contributed by atoms with Crippen LogP contribution in [-0.2, 0) is 9.57 Å². The second-order valence-electron chi connectivity index (χ2n) is 2.90. The molecule has 1 aliphatic rings. The van der Waals surface area contributed by atoms with E-state index in [1.54, 1.807) is 7.11 Å². The van der Waals surface area contributed by atoms with Crippen molar-refractivity contribution < 1.29 is 14.8 Å². The Morgan fingerprint density at radius 3 is 2.82 bits per heavy atom. The highest BCUT2D eigenvalue weighted by Crippen LogP contribution is 2.35. The summed E-state index contributed by atoms with van der Waals surface area (Å²) < 4.78 is 5.09. The van der Waals surface area contributed by atoms with Gasteiger partial charge in [0.15, 0.2) is 0 Å². The quantitative estimate of drug-likeness (QED) is 0.545. The lowest BCUT2D eigenvalue weighted by Gasteiger charge is -2.13. The molecule has 1 saturated carbocycles. The number of hydroxylamine groups is 2. The van der Waals surface area contributed by atoms with Crippen LogP contribution in [0.4, 0.5) is 0 Å². The molecule has 0 saturated heterocycles. The highest BCUT2D eigenvalue weighted by molar-refractivity contribution is 4.86. The van der Waals surface area contributed by atoms with Gasteiger partial charge in [0, 0.05) is 7.11 Å². The second kappa shape index (κ2) is 4.01. The molecular weight excluding hydrogens is 146 g/mol. The number of hydrogen-bond donors (Lipinski definition) is 1. The molecule has 0 aromatic rings. The van der Waals surface area contributed by atoms with E-state index < -0.39 is 0 Å². The first-order valence-corrected chi connectivity index (χ1v) is 3.90. The number of methoxy groups -OCH3 is 1. The van der Waals surface area contributed by atoms with Gasteiger partial charge in [0.1, 0.15) is 6.61 Å². The number of ether oxygens (including phenoxy) is 1. The lowest BCUT2D eigenvalue weighted by Crippen LogP contribution is -3.02. The summed E-state index contributed by atoms with van der Waals surface area (Å²) >= 11 is 0. The minimum atomic E-state index is -0.195. The van der Waals surface area contributed by atoms with Crippen molar-refractivity contribution in [3.63, 3.8) is 0 Å². The predicted molar refractivity (Wildman–Crippen MR) is 39.7 cm³/mol. The SMILES string of the molecule is COC1CC1CCO[NH+](C)[O-]. The standard InChI is InChI=1S/C7H15NO3/c1-8(9)11-4-3-6-5-7(6)10-2/h6-8H,3-5H2,1-2H3. The molecule has 3 atom stereocenters. The zero-order valence-electron chi connectivity index (χ0n) is 7.00. The summed E-state index contributed by atoms with van der Waals surface area (Å²) in [6.45, 7) is 0.542. The monoisotopic (exact) mass is 161 g/mol. The van der Waals surface area contributed by atoms with Gasteiger partial charge in [-0.3, -0.25) is 0 Å². The van der Waals surface area contributed by atoms with Crippen LogP contribution in [0, 0.1) is 11.1 Å². The van der Waals surface area contributed by atoms with Crippen LogP contribution in [0.25, 0.3) is 0 Å². The third-order valence-electron chi connectivity index (χ3n) is 1.95. The van der Waals surface area contributed by atoms with Crippen molar-refractivity contribution >= 4 is 0 Å². The first kappa shape index (κ1) is 8.93. The van der Waals surface area contributed by atoms with Crippen LogP contribution in [0.2, 0.25) is 0 Å². The molecule has 1 aliphatic carbocycles. The fourth-order valence-corrected chi connectivity index (χ4v) is 1.17. The highest BCUT2D eigenvalue weighted by Gasteiger charge is 2.36. The summed E-state index contributed by atoms with van der Waals surface area (Å²) in [5, 5.41) is 10.1. The fourth-order valence-electron chi connectivity index (χ4n) is 1.17. The van der Waals surface area contributed by atoms with Gasteiger partial charge in [-0.1, -0.05) is 0 Å². The van der Waals surface area contributed by atoms with Crippen LogP contribution < -0.4 is 5.23 Å². The first-order chi connectivity index (χ1) is 5.24. The molecule has 4 heteroatoms. The van der Waals surface area contributed by atoms with Crippen LogP contribution >= 0.6 is 0 Å². The van der Waals surface area contributed by atoms with Gasteiger partial charge in [-0.05, 0) is 18.8 Å². The number of hydrogen-bond acceptors (Lipinski definition) is 3. The van der Waals surface area contributed by atoms with E-state index in [0.717, 1.165) is 12.8 Å². The molecule has 0 radical (unpaired) electrons. The van der Waals surface area contributed by atoms with E-state index >= 15 is 0 Å². The molecule has 0 aliphatic heterocycles. The van der Waals surface area contributed by atoms with Crippen LogP contribution in [-0.4, -0.2) is 26.9 Å². The van der Waals surface area contributed by atoms with Gasteiger partial charge < -0.3 is 9.94 Å². The molecule has 0 heterocycles. The topological polar surface area (TPSA) is 46.0 Å². The zero-order chi connectivity index (χ0) is 8.27. The molecule has 11 heavy (non-hydrogen) atoms. The van der Waals surface area contributed by atoms with E-state index in [2.05, 4.69) is 0 Å². The smallest absolute Gasteiger partial charge is 0.107 e. The van der Waals surface area contributed by atoms with E-state index in [1.807, 2.05) is 0 Å². The number of quaternary nitrogens is 1. The van der Waals surface area contributed by atoms with E-state index in [0.29, 0.717) is 18.6 Å². The number of nitrogens with one attached hydrogen (secondary N) is 1. The van der Waals surface area contributed by atoms with E-state index in [4.69, 9.17) is 9.57 Å². The van der Waals surface area contributed by atoms with Gasteiger partial charge in [0.05, 0.1) is 13.2 Å². The Labute approximate surface area is 66.6 Å². The van der Waals surface area contributed by atoms with Gasteiger partial charge in [-0.2, -0.15) is 0 Å². The maximum atomic E-state index is 10.3. The van der Waals surface area contributed by atoms with Crippen molar-refractivity contribution in [1.29, 1.82) is 0 Å². The van der Waals surface area contributed by atoms with Crippen LogP contribution in [0.5, 0.6) is 0 Å². The molecule has 0 aromatic heterocycles.